The van der Waals surface area contributed by atoms with Crippen molar-refractivity contribution in [2.24, 2.45) is 10.8 Å². The number of nitrogens with zero attached hydrogens (tertiary/aromatic N) is 1. The number of anilines is 1. The highest BCUT2D eigenvalue weighted by atomic mass is 127. The van der Waals surface area contributed by atoms with Crippen molar-refractivity contribution in [1.29, 1.82) is 0 Å². The van der Waals surface area contributed by atoms with E-state index in [4.69, 9.17) is 21.1 Å². The fraction of sp³-hybridized carbons (Fsp3) is 0.359. The van der Waals surface area contributed by atoms with E-state index in [9.17, 15) is 14.4 Å². The molecule has 0 unspecified atom stereocenters. The van der Waals surface area contributed by atoms with Crippen molar-refractivity contribution in [2.45, 2.75) is 65.8 Å². The van der Waals surface area contributed by atoms with Gasteiger partial charge in [0, 0.05) is 58.6 Å². The maximum absolute atomic E-state index is 14.3. The smallest absolute Gasteiger partial charge is 0.262 e. The van der Waals surface area contributed by atoms with Crippen molar-refractivity contribution in [3.05, 3.63) is 109 Å². The molecule has 2 aliphatic carbocycles. The summed E-state index contributed by atoms with van der Waals surface area (Å²) in [5.41, 5.74) is 5.49. The highest BCUT2D eigenvalue weighted by Crippen LogP contribution is 2.55. The molecule has 1 heterocycles. The monoisotopic (exact) mass is 778 g/mol. The molecule has 1 amide bonds. The van der Waals surface area contributed by atoms with Crippen molar-refractivity contribution >= 4 is 57.4 Å². The number of ketones is 2. The molecule has 0 saturated heterocycles. The van der Waals surface area contributed by atoms with Crippen LogP contribution in [0, 0.1) is 14.4 Å². The van der Waals surface area contributed by atoms with Gasteiger partial charge in [0.1, 0.15) is 0 Å². The first-order chi connectivity index (χ1) is 22.7. The Bertz CT molecular complexity index is 1790. The average molecular weight is 779 g/mol. The molecule has 3 aliphatic rings. The van der Waals surface area contributed by atoms with Gasteiger partial charge in [-0.3, -0.25) is 14.4 Å². The van der Waals surface area contributed by atoms with Gasteiger partial charge in [-0.25, -0.2) is 0 Å². The van der Waals surface area contributed by atoms with Crippen molar-refractivity contribution in [3.8, 4) is 11.5 Å². The molecule has 1 N–H and O–H groups in total. The zero-order chi connectivity index (χ0) is 34.4. The zero-order valence-electron chi connectivity index (χ0n) is 27.9. The number of hydrogen-bond acceptors (Lipinski definition) is 6. The molecular weight excluding hydrogens is 739 g/mol. The molecule has 0 atom stereocenters. The first kappa shape index (κ1) is 34.2. The van der Waals surface area contributed by atoms with Crippen LogP contribution in [0.1, 0.15) is 70.4 Å². The molecule has 0 aromatic heterocycles. The predicted octanol–water partition coefficient (Wildman–Crippen LogP) is 8.86. The van der Waals surface area contributed by atoms with Gasteiger partial charge in [-0.1, -0.05) is 69.6 Å². The van der Waals surface area contributed by atoms with Gasteiger partial charge < -0.3 is 19.7 Å². The van der Waals surface area contributed by atoms with Crippen LogP contribution in [-0.2, 0) is 20.9 Å². The van der Waals surface area contributed by atoms with Crippen molar-refractivity contribution < 1.29 is 23.9 Å². The number of carbonyl (C=O) groups excluding carboxylic acids is 3. The average Bonchev–Trinajstić information content (AvgIpc) is 3.01. The Balaban J connectivity index is 1.42. The second kappa shape index (κ2) is 13.3. The summed E-state index contributed by atoms with van der Waals surface area (Å²) in [7, 11) is 1.55. The third kappa shape index (κ3) is 7.06. The molecule has 0 saturated carbocycles. The highest BCUT2D eigenvalue weighted by Gasteiger charge is 2.49. The van der Waals surface area contributed by atoms with Crippen LogP contribution >= 0.6 is 34.2 Å². The van der Waals surface area contributed by atoms with Crippen molar-refractivity contribution in [3.63, 3.8) is 0 Å². The van der Waals surface area contributed by atoms with E-state index >= 15 is 0 Å². The summed E-state index contributed by atoms with van der Waals surface area (Å²) in [6.07, 6.45) is 2.26. The minimum absolute atomic E-state index is 0.0710. The van der Waals surface area contributed by atoms with E-state index in [-0.39, 0.29) is 34.9 Å². The van der Waals surface area contributed by atoms with E-state index < -0.39 is 5.92 Å². The van der Waals surface area contributed by atoms with Crippen LogP contribution in [0.15, 0.2) is 89.3 Å². The molecule has 0 bridgehead atoms. The van der Waals surface area contributed by atoms with Gasteiger partial charge in [0.2, 0.25) is 0 Å². The molecule has 0 radical (unpaired) electrons. The van der Waals surface area contributed by atoms with Crippen LogP contribution in [0.4, 0.5) is 5.69 Å². The number of nitrogens with one attached hydrogen (secondary N) is 1. The van der Waals surface area contributed by atoms with Crippen LogP contribution in [0.5, 0.6) is 11.5 Å². The lowest BCUT2D eigenvalue weighted by atomic mass is 9.63. The first-order valence-electron chi connectivity index (χ1n) is 16.1. The summed E-state index contributed by atoms with van der Waals surface area (Å²) in [6, 6.07) is 20.9. The van der Waals surface area contributed by atoms with Crippen LogP contribution in [0.3, 0.4) is 0 Å². The molecular formula is C39H40ClIN2O5. The number of halogens is 2. The number of Topliss-reactive ketones (excluding diaryl/α,β-unsaturated/α-hetero) is 2. The maximum atomic E-state index is 14.3. The molecule has 1 aliphatic heterocycles. The molecule has 0 spiro atoms. The molecule has 250 valence electrons. The Hall–Kier alpha value is -3.63. The van der Waals surface area contributed by atoms with Gasteiger partial charge in [0.25, 0.3) is 5.91 Å². The summed E-state index contributed by atoms with van der Waals surface area (Å²) < 4.78 is 12.6. The Morgan fingerprint density at radius 3 is 2.04 bits per heavy atom. The van der Waals surface area contributed by atoms with Crippen molar-refractivity contribution in [1.82, 2.24) is 4.90 Å². The van der Waals surface area contributed by atoms with Gasteiger partial charge in [0.05, 0.1) is 10.7 Å². The summed E-state index contributed by atoms with van der Waals surface area (Å²) in [4.78, 5) is 43.5. The number of allylic oxidation sites excluding steroid dienone is 4. The number of methoxy groups -OCH3 is 1. The standard InChI is InChI=1S/C39H40ClIN2O5/c1-38(2)17-28-35(30(44)19-38)34(36-29(18-39(3,4)20-31(36)45)43(28)21-23-9-7-6-8-10-23)24-15-27(41)37(32(16-24)47-5)48-22-33(46)42-26-13-11-25(40)12-14-26/h6-16,34H,17-22H2,1-5H3,(H,42,46). The van der Waals surface area contributed by atoms with E-state index in [0.717, 1.165) is 35.4 Å². The molecule has 3 aromatic carbocycles. The van der Waals surface area contributed by atoms with E-state index in [1.807, 2.05) is 30.3 Å². The lowest BCUT2D eigenvalue weighted by Crippen LogP contribution is -2.44. The molecule has 7 nitrogen and oxygen atoms in total. The van der Waals surface area contributed by atoms with Crippen LogP contribution < -0.4 is 14.8 Å². The van der Waals surface area contributed by atoms with Crippen LogP contribution in [0.25, 0.3) is 0 Å². The quantitative estimate of drug-likeness (QED) is 0.230. The lowest BCUT2D eigenvalue weighted by molar-refractivity contribution is -0.120. The third-order valence-electron chi connectivity index (χ3n) is 9.27. The topological polar surface area (TPSA) is 84.9 Å². The Morgan fingerprint density at radius 2 is 1.48 bits per heavy atom. The zero-order valence-corrected chi connectivity index (χ0v) is 30.8. The van der Waals surface area contributed by atoms with E-state index in [0.29, 0.717) is 56.3 Å². The SMILES string of the molecule is COc1cc(C2C3=C(CC(C)(C)CC3=O)N(Cc3ccccc3)C3=C2C(=O)CC(C)(C)C3)cc(I)c1OCC(=O)Nc1ccc(Cl)cc1. The predicted molar refractivity (Wildman–Crippen MR) is 196 cm³/mol. The van der Waals surface area contributed by atoms with Gasteiger partial charge >= 0.3 is 0 Å². The second-order valence-electron chi connectivity index (χ2n) is 14.5. The van der Waals surface area contributed by atoms with E-state index in [2.05, 4.69) is 72.6 Å². The van der Waals surface area contributed by atoms with Gasteiger partial charge in [-0.05, 0) is 93.8 Å². The van der Waals surface area contributed by atoms with Crippen LogP contribution in [-0.4, -0.2) is 36.1 Å². The number of carbonyl (C=O) groups is 3. The fourth-order valence-electron chi connectivity index (χ4n) is 7.25. The van der Waals surface area contributed by atoms with Gasteiger partial charge in [-0.15, -0.1) is 0 Å². The Kier molecular flexibility index (Phi) is 9.52. The maximum Gasteiger partial charge on any atom is 0.262 e. The molecule has 6 rings (SSSR count). The number of amides is 1. The summed E-state index contributed by atoms with van der Waals surface area (Å²) >= 11 is 8.15. The molecule has 0 fully saturated rings. The summed E-state index contributed by atoms with van der Waals surface area (Å²) in [6.45, 7) is 8.93. The number of ether oxygens (including phenoxy) is 2. The van der Waals surface area contributed by atoms with Crippen molar-refractivity contribution in [2.75, 3.05) is 19.0 Å². The summed E-state index contributed by atoms with van der Waals surface area (Å²) in [5.74, 6) is 0.132. The Labute approximate surface area is 300 Å². The number of benzene rings is 3. The van der Waals surface area contributed by atoms with E-state index in [1.54, 1.807) is 31.4 Å². The highest BCUT2D eigenvalue weighted by molar-refractivity contribution is 14.1. The minimum atomic E-state index is -0.529. The molecule has 9 heteroatoms. The van der Waals surface area contributed by atoms with E-state index in [1.165, 1.54) is 0 Å². The first-order valence-corrected chi connectivity index (χ1v) is 17.6. The van der Waals surface area contributed by atoms with Gasteiger partial charge in [0.15, 0.2) is 29.7 Å². The lowest BCUT2D eigenvalue weighted by Gasteiger charge is -2.49. The number of hydrogen-bond donors (Lipinski definition) is 1. The number of rotatable bonds is 8. The van der Waals surface area contributed by atoms with Gasteiger partial charge in [-0.2, -0.15) is 0 Å². The third-order valence-corrected chi connectivity index (χ3v) is 10.3. The second-order valence-corrected chi connectivity index (χ2v) is 16.1. The Morgan fingerprint density at radius 1 is 0.896 bits per heavy atom. The largest absolute Gasteiger partial charge is 0.493 e. The molecule has 48 heavy (non-hydrogen) atoms. The van der Waals surface area contributed by atoms with Crippen LogP contribution in [0.2, 0.25) is 5.02 Å². The fourth-order valence-corrected chi connectivity index (χ4v) is 8.16. The molecule has 3 aromatic rings. The summed E-state index contributed by atoms with van der Waals surface area (Å²) in [5, 5.41) is 3.39. The minimum Gasteiger partial charge on any atom is -0.493 e. The normalized spacial score (nSPS) is 18.8.